The summed E-state index contributed by atoms with van der Waals surface area (Å²) in [6, 6.07) is 3.83. The minimum atomic E-state index is -0.679. The summed E-state index contributed by atoms with van der Waals surface area (Å²) >= 11 is 0. The lowest BCUT2D eigenvalue weighted by atomic mass is 10.1. The van der Waals surface area contributed by atoms with Gasteiger partial charge in [-0.2, -0.15) is 5.10 Å². The number of fused-ring (bicyclic) bond motifs is 1. The molecule has 1 saturated carbocycles. The van der Waals surface area contributed by atoms with E-state index in [9.17, 15) is 13.2 Å². The van der Waals surface area contributed by atoms with Gasteiger partial charge in [0.2, 0.25) is 0 Å². The number of aromatic nitrogens is 3. The Morgan fingerprint density at radius 2 is 1.85 bits per heavy atom. The molecule has 8 heteroatoms. The van der Waals surface area contributed by atoms with Crippen LogP contribution in [-0.4, -0.2) is 40.4 Å². The largest absolute Gasteiger partial charge is 0.350 e. The summed E-state index contributed by atoms with van der Waals surface area (Å²) in [4.78, 5) is 8.07. The predicted molar refractivity (Wildman–Crippen MR) is 96.5 cm³/mol. The van der Waals surface area contributed by atoms with Crippen LogP contribution in [0.5, 0.6) is 0 Å². The molecule has 2 fully saturated rings. The highest BCUT2D eigenvalue weighted by Gasteiger charge is 2.53. The molecular formula is C19H18F3N5. The number of piperazine rings is 1. The lowest BCUT2D eigenvalue weighted by Crippen LogP contribution is -2.56. The Morgan fingerprint density at radius 3 is 2.59 bits per heavy atom. The molecule has 2 aliphatic rings. The van der Waals surface area contributed by atoms with Crippen molar-refractivity contribution in [3.8, 4) is 0 Å². The smallest absolute Gasteiger partial charge is 0.168 e. The van der Waals surface area contributed by atoms with Gasteiger partial charge in [-0.25, -0.2) is 18.2 Å². The molecule has 1 spiro atoms. The predicted octanol–water partition coefficient (Wildman–Crippen LogP) is 3.54. The molecule has 2 aromatic heterocycles. The van der Waals surface area contributed by atoms with Crippen molar-refractivity contribution in [3.05, 3.63) is 47.4 Å². The Bertz CT molecular complexity index is 1040. The van der Waals surface area contributed by atoms with Crippen molar-refractivity contribution in [1.29, 1.82) is 0 Å². The Balaban J connectivity index is 1.49. The number of H-pyrrole nitrogens is 1. The van der Waals surface area contributed by atoms with E-state index < -0.39 is 11.6 Å². The van der Waals surface area contributed by atoms with E-state index >= 15 is 0 Å². The topological polar surface area (TPSA) is 48.1 Å². The van der Waals surface area contributed by atoms with Gasteiger partial charge in [0, 0.05) is 31.1 Å². The number of pyridine rings is 1. The molecule has 1 aliphatic carbocycles. The summed E-state index contributed by atoms with van der Waals surface area (Å²) in [6.07, 6.45) is 2.96. The number of rotatable bonds is 2. The van der Waals surface area contributed by atoms with Crippen LogP contribution in [0.1, 0.15) is 18.4 Å². The Morgan fingerprint density at radius 1 is 1.04 bits per heavy atom. The first-order valence-corrected chi connectivity index (χ1v) is 8.95. The molecular weight excluding hydrogens is 355 g/mol. The second-order valence-corrected chi connectivity index (χ2v) is 7.45. The van der Waals surface area contributed by atoms with Gasteiger partial charge in [0.25, 0.3) is 0 Å². The van der Waals surface area contributed by atoms with Crippen LogP contribution in [0.2, 0.25) is 0 Å². The molecule has 5 nitrogen and oxygen atoms in total. The lowest BCUT2D eigenvalue weighted by molar-refractivity contribution is 0.490. The van der Waals surface area contributed by atoms with Crippen LogP contribution in [-0.2, 0) is 0 Å². The average molecular weight is 373 g/mol. The van der Waals surface area contributed by atoms with Crippen molar-refractivity contribution in [1.82, 2.24) is 15.2 Å². The Hall–Kier alpha value is -2.77. The quantitative estimate of drug-likeness (QED) is 0.747. The summed E-state index contributed by atoms with van der Waals surface area (Å²) in [5, 5.41) is 8.31. The van der Waals surface area contributed by atoms with E-state index in [1.807, 2.05) is 11.8 Å². The zero-order valence-electron chi connectivity index (χ0n) is 14.8. The molecule has 1 aliphatic heterocycles. The number of nitrogens with one attached hydrogen (secondary N) is 1. The third-order valence-corrected chi connectivity index (χ3v) is 5.63. The molecule has 3 aromatic rings. The fraction of sp³-hybridized carbons (Fsp3) is 0.368. The molecule has 0 atom stereocenters. The molecule has 0 radical (unpaired) electrons. The molecule has 140 valence electrons. The van der Waals surface area contributed by atoms with Gasteiger partial charge in [0.05, 0.1) is 17.3 Å². The van der Waals surface area contributed by atoms with E-state index in [2.05, 4.69) is 20.1 Å². The maximum atomic E-state index is 14.2. The van der Waals surface area contributed by atoms with Crippen LogP contribution in [0.25, 0.3) is 10.9 Å². The number of aromatic amines is 1. The first-order chi connectivity index (χ1) is 13.0. The molecule has 1 aromatic carbocycles. The van der Waals surface area contributed by atoms with Crippen LogP contribution >= 0.6 is 0 Å². The number of halogens is 3. The summed E-state index contributed by atoms with van der Waals surface area (Å²) in [6.45, 7) is 3.65. The first kappa shape index (κ1) is 16.4. The lowest BCUT2D eigenvalue weighted by Gasteiger charge is -2.43. The molecule has 1 saturated heterocycles. The number of aryl methyl sites for hydroxylation is 1. The fourth-order valence-corrected chi connectivity index (χ4v) is 4.19. The summed E-state index contributed by atoms with van der Waals surface area (Å²) in [5.41, 5.74) is 1.36. The maximum absolute atomic E-state index is 14.2. The highest BCUT2D eigenvalue weighted by Crippen LogP contribution is 2.48. The maximum Gasteiger partial charge on any atom is 0.168 e. The fourth-order valence-electron chi connectivity index (χ4n) is 4.19. The van der Waals surface area contributed by atoms with Gasteiger partial charge in [-0.3, -0.25) is 5.10 Å². The van der Waals surface area contributed by atoms with E-state index in [-0.39, 0.29) is 17.2 Å². The van der Waals surface area contributed by atoms with Gasteiger partial charge >= 0.3 is 0 Å². The molecule has 3 heterocycles. The van der Waals surface area contributed by atoms with Crippen LogP contribution in [0.15, 0.2) is 24.4 Å². The van der Waals surface area contributed by atoms with Crippen molar-refractivity contribution in [2.75, 3.05) is 29.4 Å². The number of benzene rings is 1. The minimum Gasteiger partial charge on any atom is -0.350 e. The van der Waals surface area contributed by atoms with E-state index in [1.54, 1.807) is 0 Å². The average Bonchev–Trinajstić information content (AvgIpc) is 3.23. The SMILES string of the molecule is Cc1cc(F)cc2[nH]nc(N3CCN(c4ncc(F)cc4F)CC34CC4)c12. The van der Waals surface area contributed by atoms with Gasteiger partial charge < -0.3 is 9.80 Å². The molecule has 0 amide bonds. The zero-order chi connectivity index (χ0) is 18.8. The van der Waals surface area contributed by atoms with Gasteiger partial charge in [-0.15, -0.1) is 0 Å². The molecule has 27 heavy (non-hydrogen) atoms. The van der Waals surface area contributed by atoms with Crippen molar-refractivity contribution in [2.24, 2.45) is 0 Å². The third-order valence-electron chi connectivity index (χ3n) is 5.63. The van der Waals surface area contributed by atoms with Gasteiger partial charge in [0.15, 0.2) is 17.5 Å². The van der Waals surface area contributed by atoms with Gasteiger partial charge in [0.1, 0.15) is 11.6 Å². The zero-order valence-corrected chi connectivity index (χ0v) is 14.8. The van der Waals surface area contributed by atoms with Crippen molar-refractivity contribution in [2.45, 2.75) is 25.3 Å². The van der Waals surface area contributed by atoms with Gasteiger partial charge in [-0.1, -0.05) is 0 Å². The summed E-state index contributed by atoms with van der Waals surface area (Å²) in [5.74, 6) is -0.615. The van der Waals surface area contributed by atoms with E-state index in [1.165, 1.54) is 12.1 Å². The van der Waals surface area contributed by atoms with E-state index in [0.717, 1.165) is 41.9 Å². The number of nitrogens with zero attached hydrogens (tertiary/aromatic N) is 4. The number of hydrogen-bond acceptors (Lipinski definition) is 4. The van der Waals surface area contributed by atoms with Crippen LogP contribution in [0.4, 0.5) is 24.8 Å². The van der Waals surface area contributed by atoms with E-state index in [4.69, 9.17) is 0 Å². The molecule has 0 bridgehead atoms. The molecule has 1 N–H and O–H groups in total. The number of hydrogen-bond donors (Lipinski definition) is 1. The van der Waals surface area contributed by atoms with Crippen LogP contribution in [0.3, 0.4) is 0 Å². The number of anilines is 2. The van der Waals surface area contributed by atoms with Crippen LogP contribution in [0, 0.1) is 24.4 Å². The second kappa shape index (κ2) is 5.61. The molecule has 5 rings (SSSR count). The normalized spacial score (nSPS) is 18.5. The van der Waals surface area contributed by atoms with E-state index in [0.29, 0.717) is 25.2 Å². The third kappa shape index (κ3) is 2.54. The molecule has 0 unspecified atom stereocenters. The minimum absolute atomic E-state index is 0.149. The standard InChI is InChI=1S/C19H18F3N5/c1-11-6-12(20)8-15-16(11)18(25-24-15)27-5-4-26(10-19(27)2-3-19)17-14(22)7-13(21)9-23-17/h6-9H,2-5,10H2,1H3,(H,24,25). The Kier molecular flexibility index (Phi) is 3.41. The summed E-state index contributed by atoms with van der Waals surface area (Å²) in [7, 11) is 0. The van der Waals surface area contributed by atoms with Crippen molar-refractivity contribution >= 4 is 22.5 Å². The van der Waals surface area contributed by atoms with Crippen LogP contribution < -0.4 is 9.80 Å². The van der Waals surface area contributed by atoms with Gasteiger partial charge in [-0.05, 0) is 37.5 Å². The monoisotopic (exact) mass is 373 g/mol. The van der Waals surface area contributed by atoms with Crippen molar-refractivity contribution in [3.63, 3.8) is 0 Å². The highest BCUT2D eigenvalue weighted by molar-refractivity contribution is 5.93. The second-order valence-electron chi connectivity index (χ2n) is 7.45. The first-order valence-electron chi connectivity index (χ1n) is 8.95. The summed E-state index contributed by atoms with van der Waals surface area (Å²) < 4.78 is 41.0. The van der Waals surface area contributed by atoms with Crippen molar-refractivity contribution < 1.29 is 13.2 Å². The highest BCUT2D eigenvalue weighted by atomic mass is 19.1. The Labute approximate surface area is 153 Å².